The van der Waals surface area contributed by atoms with Crippen molar-refractivity contribution >= 4 is 27.9 Å². The number of aryl methyl sites for hydroxylation is 1. The lowest BCUT2D eigenvalue weighted by molar-refractivity contribution is -0.125. The van der Waals surface area contributed by atoms with Crippen molar-refractivity contribution in [3.05, 3.63) is 40.9 Å². The smallest absolute Gasteiger partial charge is 0.243 e. The number of hydrogen-bond acceptors (Lipinski definition) is 5. The van der Waals surface area contributed by atoms with E-state index in [1.54, 1.807) is 16.7 Å². The number of sulfonamides is 1. The second-order valence-electron chi connectivity index (χ2n) is 7.56. The summed E-state index contributed by atoms with van der Waals surface area (Å²) in [5.74, 6) is 1.10. The van der Waals surface area contributed by atoms with Gasteiger partial charge in [0.2, 0.25) is 5.91 Å². The highest BCUT2D eigenvalue weighted by molar-refractivity contribution is 7.95. The van der Waals surface area contributed by atoms with Gasteiger partial charge in [0.1, 0.15) is 18.4 Å². The van der Waals surface area contributed by atoms with Gasteiger partial charge in [-0.3, -0.25) is 4.79 Å². The van der Waals surface area contributed by atoms with Crippen LogP contribution >= 0.6 is 11.6 Å². The third kappa shape index (κ3) is 4.37. The van der Waals surface area contributed by atoms with Crippen LogP contribution in [0, 0.1) is 0 Å². The third-order valence-electron chi connectivity index (χ3n) is 5.59. The van der Waals surface area contributed by atoms with Gasteiger partial charge < -0.3 is 14.4 Å². The molecule has 0 radical (unpaired) electrons. The number of aromatic nitrogens is 3. The summed E-state index contributed by atoms with van der Waals surface area (Å²) < 4.78 is 29.5. The lowest BCUT2D eigenvalue weighted by Gasteiger charge is -2.25. The number of hydrogen-bond donors (Lipinski definition) is 2. The van der Waals surface area contributed by atoms with Crippen molar-refractivity contribution in [3.63, 3.8) is 0 Å². The minimum Gasteiger partial charge on any atom is -0.593 e. The SMILES string of the molecule is O=C(NC1CCCCC1)C1CCc2nnc(CN[S+](=O)([O-])c3ccccc3Cl)n21. The van der Waals surface area contributed by atoms with Gasteiger partial charge in [0.25, 0.3) is 0 Å². The first-order valence-electron chi connectivity index (χ1n) is 9.93. The van der Waals surface area contributed by atoms with E-state index in [1.807, 2.05) is 0 Å². The Morgan fingerprint density at radius 2 is 1.97 bits per heavy atom. The summed E-state index contributed by atoms with van der Waals surface area (Å²) in [7, 11) is -3.81. The predicted octanol–water partition coefficient (Wildman–Crippen LogP) is 2.56. The van der Waals surface area contributed by atoms with Crippen molar-refractivity contribution in [2.75, 3.05) is 0 Å². The number of nitrogens with zero attached hydrogens (tertiary/aromatic N) is 3. The molecule has 1 aromatic carbocycles. The van der Waals surface area contributed by atoms with Crippen LogP contribution < -0.4 is 10.0 Å². The maximum atomic E-state index is 12.9. The first kappa shape index (κ1) is 20.5. The van der Waals surface area contributed by atoms with Crippen LogP contribution in [0.15, 0.2) is 29.2 Å². The van der Waals surface area contributed by atoms with Gasteiger partial charge in [0.05, 0.1) is 5.02 Å². The molecular weight excluding hydrogens is 414 g/mol. The summed E-state index contributed by atoms with van der Waals surface area (Å²) >= 11 is 6.02. The molecule has 1 fully saturated rings. The van der Waals surface area contributed by atoms with Crippen LogP contribution in [0.1, 0.15) is 56.2 Å². The van der Waals surface area contributed by atoms with Gasteiger partial charge in [-0.05, 0) is 31.4 Å². The molecule has 1 aliphatic heterocycles. The van der Waals surface area contributed by atoms with E-state index in [0.29, 0.717) is 24.5 Å². The fraction of sp³-hybridized carbons (Fsp3) is 0.526. The van der Waals surface area contributed by atoms with Crippen LogP contribution in [0.4, 0.5) is 0 Å². The van der Waals surface area contributed by atoms with Crippen molar-refractivity contribution in [1.82, 2.24) is 24.8 Å². The number of amides is 1. The van der Waals surface area contributed by atoms with Gasteiger partial charge in [0.15, 0.2) is 21.1 Å². The normalized spacial score (nSPS) is 21.5. The van der Waals surface area contributed by atoms with Crippen LogP contribution in [0.25, 0.3) is 0 Å². The van der Waals surface area contributed by atoms with E-state index in [4.69, 9.17) is 11.6 Å². The fourth-order valence-corrected chi connectivity index (χ4v) is 5.60. The predicted molar refractivity (Wildman–Crippen MR) is 108 cm³/mol. The Kier molecular flexibility index (Phi) is 6.00. The summed E-state index contributed by atoms with van der Waals surface area (Å²) in [6, 6.07) is 6.07. The Balaban J connectivity index is 1.46. The minimum atomic E-state index is -3.81. The van der Waals surface area contributed by atoms with Gasteiger partial charge in [-0.1, -0.05) is 47.2 Å². The standard InChI is InChI=1S/C19H24ClN5O3S/c20-14-8-4-5-9-16(14)29(27,28)21-12-18-24-23-17-11-10-15(25(17)18)19(26)22-13-6-2-1-3-7-13/h4-5,8-9,13,15H,1-3,6-7,10-12H2,(H2-,21,22,26,27,28). The highest BCUT2D eigenvalue weighted by atomic mass is 35.5. The van der Waals surface area contributed by atoms with E-state index < -0.39 is 16.4 Å². The van der Waals surface area contributed by atoms with Crippen LogP contribution in [0.3, 0.4) is 0 Å². The average Bonchev–Trinajstić information content (AvgIpc) is 3.30. The molecule has 2 unspecified atom stereocenters. The van der Waals surface area contributed by atoms with Crippen molar-refractivity contribution < 1.29 is 13.6 Å². The third-order valence-corrected chi connectivity index (χ3v) is 7.49. The van der Waals surface area contributed by atoms with E-state index >= 15 is 0 Å². The molecule has 4 rings (SSSR count). The van der Waals surface area contributed by atoms with Crippen LogP contribution in [0.2, 0.25) is 5.02 Å². The Labute approximate surface area is 175 Å². The van der Waals surface area contributed by atoms with Crippen LogP contribution in [-0.2, 0) is 32.4 Å². The van der Waals surface area contributed by atoms with Gasteiger partial charge in [-0.25, -0.2) is 0 Å². The lowest BCUT2D eigenvalue weighted by Crippen LogP contribution is -2.40. The van der Waals surface area contributed by atoms with Crippen molar-refractivity contribution in [1.29, 1.82) is 0 Å². The first-order valence-corrected chi connectivity index (χ1v) is 11.8. The average molecular weight is 438 g/mol. The Morgan fingerprint density at radius 3 is 2.72 bits per heavy atom. The molecule has 2 aromatic rings. The molecule has 10 heteroatoms. The van der Waals surface area contributed by atoms with E-state index in [1.165, 1.54) is 18.6 Å². The summed E-state index contributed by atoms with van der Waals surface area (Å²) in [5.41, 5.74) is 0. The van der Waals surface area contributed by atoms with Crippen molar-refractivity contribution in [3.8, 4) is 0 Å². The summed E-state index contributed by atoms with van der Waals surface area (Å²) in [5, 5.41) is 11.6. The monoisotopic (exact) mass is 437 g/mol. The number of carbonyl (C=O) groups is 1. The van der Waals surface area contributed by atoms with Crippen molar-refractivity contribution in [2.24, 2.45) is 0 Å². The molecule has 156 valence electrons. The van der Waals surface area contributed by atoms with Crippen LogP contribution in [-0.4, -0.2) is 31.3 Å². The highest BCUT2D eigenvalue weighted by Gasteiger charge is 2.34. The molecule has 8 nitrogen and oxygen atoms in total. The highest BCUT2D eigenvalue weighted by Crippen LogP contribution is 2.28. The molecule has 0 bridgehead atoms. The Bertz CT molecular complexity index is 944. The molecule has 1 aromatic heterocycles. The van der Waals surface area contributed by atoms with Crippen molar-refractivity contribution in [2.45, 2.75) is 68.5 Å². The maximum Gasteiger partial charge on any atom is 0.243 e. The molecular formula is C19H24ClN5O3S. The molecule has 1 amide bonds. The van der Waals surface area contributed by atoms with Gasteiger partial charge in [0, 0.05) is 12.5 Å². The zero-order chi connectivity index (χ0) is 20.4. The molecule has 29 heavy (non-hydrogen) atoms. The number of benzene rings is 1. The molecule has 1 saturated carbocycles. The molecule has 1 aliphatic carbocycles. The van der Waals surface area contributed by atoms with E-state index in [2.05, 4.69) is 20.2 Å². The summed E-state index contributed by atoms with van der Waals surface area (Å²) in [6.07, 6.45) is 6.82. The number of halogens is 1. The largest absolute Gasteiger partial charge is 0.593 e. The molecule has 0 spiro atoms. The topological polar surface area (TPSA) is 112 Å². The van der Waals surface area contributed by atoms with Gasteiger partial charge >= 0.3 is 0 Å². The van der Waals surface area contributed by atoms with Gasteiger partial charge in [-0.2, -0.15) is 0 Å². The molecule has 2 atom stereocenters. The molecule has 2 heterocycles. The van der Waals surface area contributed by atoms with E-state index in [9.17, 15) is 13.6 Å². The summed E-state index contributed by atoms with van der Waals surface area (Å²) in [4.78, 5) is 12.9. The molecule has 2 N–H and O–H groups in total. The second-order valence-corrected chi connectivity index (χ2v) is 9.70. The summed E-state index contributed by atoms with van der Waals surface area (Å²) in [6.45, 7) is -0.0617. The number of rotatable bonds is 6. The first-order chi connectivity index (χ1) is 14.0. The zero-order valence-electron chi connectivity index (χ0n) is 16.0. The lowest BCUT2D eigenvalue weighted by atomic mass is 9.95. The maximum absolute atomic E-state index is 12.9. The Hall–Kier alpha value is -1.81. The number of fused-ring (bicyclic) bond motifs is 1. The quantitative estimate of drug-likeness (QED) is 0.674. The minimum absolute atomic E-state index is 0.00872. The molecule has 2 aliphatic rings. The van der Waals surface area contributed by atoms with E-state index in [-0.39, 0.29) is 28.4 Å². The second kappa shape index (κ2) is 8.51. The molecule has 0 saturated heterocycles. The van der Waals surface area contributed by atoms with Gasteiger partial charge in [-0.15, -0.1) is 14.9 Å². The fourth-order valence-electron chi connectivity index (χ4n) is 4.10. The number of carbonyl (C=O) groups excluding carboxylic acids is 1. The zero-order valence-corrected chi connectivity index (χ0v) is 17.5. The van der Waals surface area contributed by atoms with Crippen LogP contribution in [0.5, 0.6) is 0 Å². The van der Waals surface area contributed by atoms with E-state index in [0.717, 1.165) is 25.7 Å². The number of nitrogens with one attached hydrogen (secondary N) is 2. The Morgan fingerprint density at radius 1 is 1.21 bits per heavy atom.